The molecule has 0 spiro atoms. The van der Waals surface area contributed by atoms with Crippen molar-refractivity contribution in [3.8, 4) is 0 Å². The maximum Gasteiger partial charge on any atom is 0.250 e. The molecule has 1 atom stereocenters. The summed E-state index contributed by atoms with van der Waals surface area (Å²) in [6.07, 6.45) is 0. The van der Waals surface area contributed by atoms with Crippen LogP contribution in [0.2, 0.25) is 0 Å². The van der Waals surface area contributed by atoms with E-state index in [0.717, 1.165) is 6.54 Å². The van der Waals surface area contributed by atoms with E-state index in [4.69, 9.17) is 10.4 Å². The second-order valence-electron chi connectivity index (χ2n) is 1.24. The lowest BCUT2D eigenvalue weighted by Gasteiger charge is -2.02. The number of hydrogen-bond acceptors (Lipinski definition) is 4. The third kappa shape index (κ3) is 6.27. The highest BCUT2D eigenvalue weighted by atomic mass is 31.2. The summed E-state index contributed by atoms with van der Waals surface area (Å²) in [7, 11) is 0.153. The largest absolute Gasteiger partial charge is 0.338 e. The predicted octanol–water partition coefficient (Wildman–Crippen LogP) is -0.600. The van der Waals surface area contributed by atoms with Crippen molar-refractivity contribution in [1.29, 1.82) is 0 Å². The van der Waals surface area contributed by atoms with Crippen LogP contribution in [0.3, 0.4) is 0 Å². The van der Waals surface area contributed by atoms with E-state index in [9.17, 15) is 0 Å². The fourth-order valence-corrected chi connectivity index (χ4v) is 0.520. The van der Waals surface area contributed by atoms with Crippen molar-refractivity contribution in [2.75, 3.05) is 20.2 Å². The highest BCUT2D eigenvalue weighted by Crippen LogP contribution is 2.17. The first-order valence-electron chi connectivity index (χ1n) is 2.28. The first-order valence-corrected chi connectivity index (χ1v) is 3.56. The van der Waals surface area contributed by atoms with Gasteiger partial charge in [0.1, 0.15) is 0 Å². The Morgan fingerprint density at radius 3 is 2.88 bits per heavy atom. The van der Waals surface area contributed by atoms with Crippen LogP contribution in [0.4, 0.5) is 0 Å². The lowest BCUT2D eigenvalue weighted by molar-refractivity contribution is 0.311. The van der Waals surface area contributed by atoms with Gasteiger partial charge in [0.15, 0.2) is 0 Å². The molecule has 0 amide bonds. The van der Waals surface area contributed by atoms with E-state index in [1.54, 1.807) is 7.05 Å². The Labute approximate surface area is 50.0 Å². The SMILES string of the molecule is CNCCOP(N)O. The molecule has 0 bridgehead atoms. The smallest absolute Gasteiger partial charge is 0.250 e. The zero-order valence-electron chi connectivity index (χ0n) is 4.79. The summed E-state index contributed by atoms with van der Waals surface area (Å²) < 4.78 is 4.62. The molecule has 8 heavy (non-hydrogen) atoms. The Balaban J connectivity index is 2.72. The van der Waals surface area contributed by atoms with Crippen molar-refractivity contribution in [3.05, 3.63) is 0 Å². The number of nitrogens with two attached hydrogens (primary N) is 1. The lowest BCUT2D eigenvalue weighted by atomic mass is 10.7. The molecule has 0 aliphatic rings. The van der Waals surface area contributed by atoms with Gasteiger partial charge < -0.3 is 14.7 Å². The van der Waals surface area contributed by atoms with Crippen molar-refractivity contribution < 1.29 is 9.42 Å². The lowest BCUT2D eigenvalue weighted by Crippen LogP contribution is -2.13. The Morgan fingerprint density at radius 1 is 1.88 bits per heavy atom. The maximum atomic E-state index is 8.37. The highest BCUT2D eigenvalue weighted by Gasteiger charge is 1.92. The van der Waals surface area contributed by atoms with Crippen LogP contribution in [0.1, 0.15) is 0 Å². The van der Waals surface area contributed by atoms with Crippen LogP contribution in [-0.2, 0) is 4.52 Å². The number of likely N-dealkylation sites (N-methyl/N-ethyl adjacent to an activating group) is 1. The summed E-state index contributed by atoms with van der Waals surface area (Å²) >= 11 is 0. The predicted molar refractivity (Wildman–Crippen MR) is 33.2 cm³/mol. The molecule has 0 aliphatic carbocycles. The second-order valence-corrected chi connectivity index (χ2v) is 2.10. The monoisotopic (exact) mass is 138 g/mol. The normalized spacial score (nSPS) is 13.9. The summed E-state index contributed by atoms with van der Waals surface area (Å²) in [6, 6.07) is 0. The van der Waals surface area contributed by atoms with Crippen LogP contribution in [0.5, 0.6) is 0 Å². The molecular weight excluding hydrogens is 127 g/mol. The van der Waals surface area contributed by atoms with Crippen molar-refractivity contribution >= 4 is 8.53 Å². The minimum atomic E-state index is -1.65. The van der Waals surface area contributed by atoms with E-state index >= 15 is 0 Å². The Morgan fingerprint density at radius 2 is 2.50 bits per heavy atom. The first-order chi connectivity index (χ1) is 3.77. The Kier molecular flexibility index (Phi) is 5.59. The third-order valence-electron chi connectivity index (χ3n) is 0.576. The van der Waals surface area contributed by atoms with Gasteiger partial charge in [-0.05, 0) is 7.05 Å². The van der Waals surface area contributed by atoms with Gasteiger partial charge in [0.25, 0.3) is 0 Å². The molecule has 0 fully saturated rings. The minimum absolute atomic E-state index is 0.467. The molecule has 50 valence electrons. The average Bonchev–Trinajstić information content (AvgIpc) is 1.66. The zero-order chi connectivity index (χ0) is 6.41. The Bertz CT molecular complexity index is 52.5. The molecular formula is C3H11N2O2P. The van der Waals surface area contributed by atoms with Crippen molar-refractivity contribution in [3.63, 3.8) is 0 Å². The first kappa shape index (κ1) is 8.27. The van der Waals surface area contributed by atoms with Gasteiger partial charge in [0, 0.05) is 6.54 Å². The minimum Gasteiger partial charge on any atom is -0.338 e. The summed E-state index contributed by atoms with van der Waals surface area (Å²) in [5, 5.41) is 2.84. The molecule has 0 aromatic heterocycles. The van der Waals surface area contributed by atoms with Gasteiger partial charge >= 0.3 is 0 Å². The molecule has 4 N–H and O–H groups in total. The van der Waals surface area contributed by atoms with E-state index in [-0.39, 0.29) is 0 Å². The fraction of sp³-hybridized carbons (Fsp3) is 1.00. The molecule has 5 heteroatoms. The number of nitrogens with one attached hydrogen (secondary N) is 1. The zero-order valence-corrected chi connectivity index (χ0v) is 5.69. The molecule has 1 unspecified atom stereocenters. The molecule has 4 nitrogen and oxygen atoms in total. The Hall–Kier alpha value is 0.270. The summed E-state index contributed by atoms with van der Waals surface area (Å²) in [4.78, 5) is 8.37. The van der Waals surface area contributed by atoms with Crippen molar-refractivity contribution in [2.24, 2.45) is 5.50 Å². The highest BCUT2D eigenvalue weighted by molar-refractivity contribution is 7.43. The third-order valence-corrected chi connectivity index (χ3v) is 1.02. The van der Waals surface area contributed by atoms with Crippen molar-refractivity contribution in [2.45, 2.75) is 0 Å². The quantitative estimate of drug-likeness (QED) is 0.358. The van der Waals surface area contributed by atoms with Crippen molar-refractivity contribution in [1.82, 2.24) is 5.32 Å². The summed E-state index contributed by atoms with van der Waals surface area (Å²) in [6.45, 7) is 1.19. The van der Waals surface area contributed by atoms with E-state index in [1.165, 1.54) is 0 Å². The van der Waals surface area contributed by atoms with Gasteiger partial charge in [-0.3, -0.25) is 5.50 Å². The van der Waals surface area contributed by atoms with Gasteiger partial charge in [-0.15, -0.1) is 0 Å². The topological polar surface area (TPSA) is 67.5 Å². The molecule has 0 aliphatic heterocycles. The van der Waals surface area contributed by atoms with Crippen LogP contribution in [0, 0.1) is 0 Å². The van der Waals surface area contributed by atoms with Gasteiger partial charge in [0.05, 0.1) is 6.61 Å². The molecule has 0 saturated carbocycles. The van der Waals surface area contributed by atoms with Crippen LogP contribution in [0.15, 0.2) is 0 Å². The number of rotatable bonds is 4. The van der Waals surface area contributed by atoms with Crippen LogP contribution >= 0.6 is 8.53 Å². The molecule has 0 aromatic carbocycles. The fourth-order valence-electron chi connectivity index (χ4n) is 0.241. The van der Waals surface area contributed by atoms with E-state index in [2.05, 4.69) is 9.84 Å². The average molecular weight is 138 g/mol. The van der Waals surface area contributed by atoms with Gasteiger partial charge in [-0.25, -0.2) is 0 Å². The van der Waals surface area contributed by atoms with Crippen LogP contribution in [0.25, 0.3) is 0 Å². The summed E-state index contributed by atoms with van der Waals surface area (Å²) in [5.41, 5.74) is 4.90. The van der Waals surface area contributed by atoms with Gasteiger partial charge in [-0.1, -0.05) is 0 Å². The van der Waals surface area contributed by atoms with E-state index < -0.39 is 8.53 Å². The summed E-state index contributed by atoms with van der Waals surface area (Å²) in [5.74, 6) is 0. The van der Waals surface area contributed by atoms with Crippen LogP contribution < -0.4 is 10.8 Å². The molecule has 0 heterocycles. The number of hydrogen-bond donors (Lipinski definition) is 3. The standard InChI is InChI=1S/C3H11N2O2P/c1-5-2-3-7-8(4)6/h5-6H,2-4H2,1H3. The second kappa shape index (κ2) is 5.41. The van der Waals surface area contributed by atoms with Gasteiger partial charge in [-0.2, -0.15) is 0 Å². The molecule has 0 aromatic rings. The van der Waals surface area contributed by atoms with E-state index in [0.29, 0.717) is 6.61 Å². The van der Waals surface area contributed by atoms with E-state index in [1.807, 2.05) is 0 Å². The maximum absolute atomic E-state index is 8.37. The molecule has 0 saturated heterocycles. The van der Waals surface area contributed by atoms with Crippen LogP contribution in [-0.4, -0.2) is 25.1 Å². The molecule has 0 rings (SSSR count). The molecule has 0 radical (unpaired) electrons. The van der Waals surface area contributed by atoms with Gasteiger partial charge in [0.2, 0.25) is 8.53 Å².